The molecule has 0 fully saturated rings. The Hall–Kier alpha value is -1.86. The van der Waals surface area contributed by atoms with Gasteiger partial charge in [0.15, 0.2) is 5.96 Å². The number of carbonyl (C=O) groups is 1. The van der Waals surface area contributed by atoms with E-state index in [0.29, 0.717) is 41.7 Å². The maximum atomic E-state index is 12.1. The summed E-state index contributed by atoms with van der Waals surface area (Å²) in [4.78, 5) is 13.8. The van der Waals surface area contributed by atoms with Crippen LogP contribution in [-0.2, 0) is 0 Å². The molecule has 1 amide bonds. The van der Waals surface area contributed by atoms with Gasteiger partial charge in [-0.1, -0.05) is 11.6 Å². The molecule has 0 bridgehead atoms. The molecule has 0 heterocycles. The van der Waals surface area contributed by atoms with E-state index in [1.54, 1.807) is 4.90 Å². The lowest BCUT2D eigenvalue weighted by Crippen LogP contribution is -2.41. The summed E-state index contributed by atoms with van der Waals surface area (Å²) in [6.07, 6.45) is 0. The van der Waals surface area contributed by atoms with Gasteiger partial charge in [-0.3, -0.25) is 10.2 Å². The van der Waals surface area contributed by atoms with E-state index >= 15 is 0 Å². The van der Waals surface area contributed by atoms with Crippen LogP contribution in [0.4, 0.5) is 5.69 Å². The van der Waals surface area contributed by atoms with Gasteiger partial charge in [0.05, 0.1) is 23.4 Å². The summed E-state index contributed by atoms with van der Waals surface area (Å²) in [7, 11) is 1.45. The van der Waals surface area contributed by atoms with Crippen LogP contribution in [0.1, 0.15) is 17.3 Å². The zero-order valence-electron chi connectivity index (χ0n) is 12.5. The monoisotopic (exact) mass is 349 g/mol. The summed E-state index contributed by atoms with van der Waals surface area (Å²) < 4.78 is 5.13. The number of benzene rings is 1. The molecule has 124 valence electrons. The van der Waals surface area contributed by atoms with Crippen molar-refractivity contribution in [2.45, 2.75) is 6.92 Å². The molecule has 7 nitrogen and oxygen atoms in total. The van der Waals surface area contributed by atoms with Gasteiger partial charge in [-0.2, -0.15) is 0 Å². The average Bonchev–Trinajstić information content (AvgIpc) is 2.45. The normalized spacial score (nSPS) is 9.59. The van der Waals surface area contributed by atoms with E-state index in [-0.39, 0.29) is 24.3 Å². The molecule has 22 heavy (non-hydrogen) atoms. The first-order chi connectivity index (χ1) is 9.90. The molecule has 9 heteroatoms. The van der Waals surface area contributed by atoms with Crippen LogP contribution in [0.5, 0.6) is 5.75 Å². The van der Waals surface area contributed by atoms with Gasteiger partial charge in [0, 0.05) is 25.7 Å². The van der Waals surface area contributed by atoms with Gasteiger partial charge in [-0.05, 0) is 13.0 Å². The quantitative estimate of drug-likeness (QED) is 0.350. The Balaban J connectivity index is 0.00000441. The molecule has 0 aromatic heterocycles. The number of likely N-dealkylation sites (N-methyl/N-ethyl adjacent to an activating group) is 1. The van der Waals surface area contributed by atoms with Crippen LogP contribution in [0.2, 0.25) is 5.02 Å². The number of nitrogens with zero attached hydrogens (tertiary/aromatic N) is 1. The van der Waals surface area contributed by atoms with E-state index in [1.807, 2.05) is 6.92 Å². The number of amides is 1. The number of hydrogen-bond acceptors (Lipinski definition) is 4. The van der Waals surface area contributed by atoms with E-state index < -0.39 is 0 Å². The summed E-state index contributed by atoms with van der Waals surface area (Å²) in [5.74, 6) is 0.00142. The van der Waals surface area contributed by atoms with Crippen molar-refractivity contribution in [3.63, 3.8) is 0 Å². The fourth-order valence-electron chi connectivity index (χ4n) is 1.76. The second-order valence-electron chi connectivity index (χ2n) is 4.29. The largest absolute Gasteiger partial charge is 0.496 e. The van der Waals surface area contributed by atoms with Gasteiger partial charge in [-0.25, -0.2) is 0 Å². The third kappa shape index (κ3) is 5.16. The third-order valence-corrected chi connectivity index (χ3v) is 3.28. The molecule has 1 aromatic rings. The third-order valence-electron chi connectivity index (χ3n) is 2.95. The summed E-state index contributed by atoms with van der Waals surface area (Å²) >= 11 is 5.92. The highest BCUT2D eigenvalue weighted by Crippen LogP contribution is 2.28. The first-order valence-electron chi connectivity index (χ1n) is 6.40. The Bertz CT molecular complexity index is 539. The highest BCUT2D eigenvalue weighted by atomic mass is 35.5. The summed E-state index contributed by atoms with van der Waals surface area (Å²) in [5, 5.41) is 10.4. The molecular formula is C13H21Cl2N5O2. The summed E-state index contributed by atoms with van der Waals surface area (Å²) in [6.45, 7) is 3.27. The molecular weight excluding hydrogens is 329 g/mol. The van der Waals surface area contributed by atoms with Crippen LogP contribution in [0.15, 0.2) is 12.1 Å². The van der Waals surface area contributed by atoms with Crippen LogP contribution in [0.25, 0.3) is 0 Å². The van der Waals surface area contributed by atoms with Gasteiger partial charge in [0.25, 0.3) is 5.91 Å². The Morgan fingerprint density at radius 3 is 2.64 bits per heavy atom. The van der Waals surface area contributed by atoms with Crippen LogP contribution in [0, 0.1) is 5.41 Å². The zero-order valence-corrected chi connectivity index (χ0v) is 14.1. The Labute approximate surface area is 140 Å². The Kier molecular flexibility index (Phi) is 8.44. The number of hydrogen-bond donors (Lipinski definition) is 4. The molecule has 6 N–H and O–H groups in total. The van der Waals surface area contributed by atoms with Crippen molar-refractivity contribution in [3.05, 3.63) is 22.7 Å². The van der Waals surface area contributed by atoms with Gasteiger partial charge < -0.3 is 26.4 Å². The Morgan fingerprint density at radius 1 is 1.50 bits per heavy atom. The van der Waals surface area contributed by atoms with E-state index in [1.165, 1.54) is 19.2 Å². The fourth-order valence-corrected chi connectivity index (χ4v) is 1.93. The molecule has 0 aliphatic heterocycles. The maximum Gasteiger partial charge on any atom is 0.255 e. The molecule has 1 rings (SSSR count). The van der Waals surface area contributed by atoms with Gasteiger partial charge in [-0.15, -0.1) is 12.4 Å². The first kappa shape index (κ1) is 20.1. The topological polar surface area (TPSA) is 117 Å². The molecule has 0 saturated heterocycles. The van der Waals surface area contributed by atoms with E-state index in [2.05, 4.69) is 5.32 Å². The summed E-state index contributed by atoms with van der Waals surface area (Å²) in [6, 6.07) is 2.97. The van der Waals surface area contributed by atoms with Crippen molar-refractivity contribution in [2.24, 2.45) is 5.73 Å². The highest BCUT2D eigenvalue weighted by Gasteiger charge is 2.15. The standard InChI is InChI=1S/C13H20ClN5O2.ClH/c1-3-19(13(16)17)5-4-18-12(20)8-6-9(14)10(15)7-11(8)21-2;/h6-7H,3-5,15H2,1-2H3,(H3,16,17)(H,18,20);1H. The lowest BCUT2D eigenvalue weighted by molar-refractivity contribution is 0.0948. The van der Waals surface area contributed by atoms with Crippen molar-refractivity contribution in [3.8, 4) is 5.75 Å². The van der Waals surface area contributed by atoms with Crippen molar-refractivity contribution in [1.82, 2.24) is 10.2 Å². The number of rotatable bonds is 6. The van der Waals surface area contributed by atoms with Crippen molar-refractivity contribution in [2.75, 3.05) is 32.5 Å². The average molecular weight is 350 g/mol. The maximum absolute atomic E-state index is 12.1. The molecule has 0 saturated carbocycles. The predicted molar refractivity (Wildman–Crippen MR) is 91.2 cm³/mol. The first-order valence-corrected chi connectivity index (χ1v) is 6.78. The Morgan fingerprint density at radius 2 is 2.14 bits per heavy atom. The number of methoxy groups -OCH3 is 1. The molecule has 0 aliphatic carbocycles. The second-order valence-corrected chi connectivity index (χ2v) is 4.70. The lowest BCUT2D eigenvalue weighted by atomic mass is 10.1. The number of nitrogens with one attached hydrogen (secondary N) is 2. The predicted octanol–water partition coefficient (Wildman–Crippen LogP) is 1.30. The number of ether oxygens (including phenoxy) is 1. The minimum absolute atomic E-state index is 0. The van der Waals surface area contributed by atoms with E-state index in [9.17, 15) is 4.79 Å². The minimum Gasteiger partial charge on any atom is -0.496 e. The van der Waals surface area contributed by atoms with E-state index in [0.717, 1.165) is 0 Å². The van der Waals surface area contributed by atoms with Gasteiger partial charge in [0.2, 0.25) is 0 Å². The molecule has 0 aliphatic rings. The number of nitrogens with two attached hydrogens (primary N) is 2. The van der Waals surface area contributed by atoms with Crippen LogP contribution >= 0.6 is 24.0 Å². The SMILES string of the molecule is CCN(CCNC(=O)c1cc(Cl)c(N)cc1OC)C(=N)N.Cl. The van der Waals surface area contributed by atoms with E-state index in [4.69, 9.17) is 33.2 Å². The lowest BCUT2D eigenvalue weighted by Gasteiger charge is -2.20. The molecule has 0 spiro atoms. The highest BCUT2D eigenvalue weighted by molar-refractivity contribution is 6.33. The molecule has 1 aromatic carbocycles. The van der Waals surface area contributed by atoms with Crippen molar-refractivity contribution < 1.29 is 9.53 Å². The fraction of sp³-hybridized carbons (Fsp3) is 0.385. The number of nitrogen functional groups attached to an aromatic ring is 1. The molecule has 0 unspecified atom stereocenters. The number of guanidine groups is 1. The number of halogens is 2. The second kappa shape index (κ2) is 9.22. The number of carbonyl (C=O) groups excluding carboxylic acids is 1. The molecule has 0 radical (unpaired) electrons. The van der Waals surface area contributed by atoms with Crippen LogP contribution < -0.4 is 21.5 Å². The number of anilines is 1. The van der Waals surface area contributed by atoms with Crippen molar-refractivity contribution in [1.29, 1.82) is 5.41 Å². The minimum atomic E-state index is -0.326. The smallest absolute Gasteiger partial charge is 0.255 e. The van der Waals surface area contributed by atoms with Crippen LogP contribution in [0.3, 0.4) is 0 Å². The van der Waals surface area contributed by atoms with Gasteiger partial charge >= 0.3 is 0 Å². The van der Waals surface area contributed by atoms with Crippen LogP contribution in [-0.4, -0.2) is 43.5 Å². The summed E-state index contributed by atoms with van der Waals surface area (Å²) in [5.41, 5.74) is 11.7. The van der Waals surface area contributed by atoms with Crippen molar-refractivity contribution >= 4 is 41.6 Å². The molecule has 0 atom stereocenters. The zero-order chi connectivity index (χ0) is 16.0. The van der Waals surface area contributed by atoms with Gasteiger partial charge in [0.1, 0.15) is 5.75 Å².